The number of benzene rings is 1. The summed E-state index contributed by atoms with van der Waals surface area (Å²) in [5.74, 6) is 0. The molecule has 1 N–H and O–H groups in total. The third kappa shape index (κ3) is 3.16. The maximum atomic E-state index is 3.65. The molecule has 2 aromatic rings. The largest absolute Gasteiger partial charge is 0.306 e. The molecule has 1 aromatic carbocycles. The van der Waals surface area contributed by atoms with Gasteiger partial charge < -0.3 is 5.32 Å². The first kappa shape index (κ1) is 15.7. The SMILES string of the molecule is CCNC(c1cc(Br)c(C)s1)c1c(C)cc(C)cc1C. The predicted molar refractivity (Wildman–Crippen MR) is 92.9 cm³/mol. The average molecular weight is 352 g/mol. The summed E-state index contributed by atoms with van der Waals surface area (Å²) in [5.41, 5.74) is 5.50. The molecule has 1 nitrogen and oxygen atoms in total. The zero-order valence-corrected chi connectivity index (χ0v) is 15.2. The van der Waals surface area contributed by atoms with Crippen molar-refractivity contribution >= 4 is 27.3 Å². The van der Waals surface area contributed by atoms with E-state index in [0.717, 1.165) is 6.54 Å². The quantitative estimate of drug-likeness (QED) is 0.772. The summed E-state index contributed by atoms with van der Waals surface area (Å²) in [6, 6.07) is 7.10. The molecule has 1 aromatic heterocycles. The topological polar surface area (TPSA) is 12.0 Å². The lowest BCUT2D eigenvalue weighted by atomic mass is 9.93. The van der Waals surface area contributed by atoms with Crippen molar-refractivity contribution in [3.8, 4) is 0 Å². The van der Waals surface area contributed by atoms with E-state index < -0.39 is 0 Å². The van der Waals surface area contributed by atoms with Crippen LogP contribution in [0.2, 0.25) is 0 Å². The van der Waals surface area contributed by atoms with Gasteiger partial charge in [-0.25, -0.2) is 0 Å². The Bertz CT molecular complexity index is 573. The van der Waals surface area contributed by atoms with Crippen LogP contribution in [0.4, 0.5) is 0 Å². The monoisotopic (exact) mass is 351 g/mol. The summed E-state index contributed by atoms with van der Waals surface area (Å²) >= 11 is 5.51. The number of aryl methyl sites for hydroxylation is 4. The highest BCUT2D eigenvalue weighted by molar-refractivity contribution is 9.10. The molecule has 0 spiro atoms. The van der Waals surface area contributed by atoms with Crippen molar-refractivity contribution in [2.45, 2.75) is 40.7 Å². The van der Waals surface area contributed by atoms with Crippen molar-refractivity contribution < 1.29 is 0 Å². The highest BCUT2D eigenvalue weighted by Gasteiger charge is 2.20. The van der Waals surface area contributed by atoms with Gasteiger partial charge in [-0.1, -0.05) is 24.6 Å². The molecule has 1 unspecified atom stereocenters. The number of rotatable bonds is 4. The fraction of sp³-hybridized carbons (Fsp3) is 0.412. The summed E-state index contributed by atoms with van der Waals surface area (Å²) in [7, 11) is 0. The van der Waals surface area contributed by atoms with Crippen molar-refractivity contribution in [1.82, 2.24) is 5.32 Å². The Hall–Kier alpha value is -0.640. The van der Waals surface area contributed by atoms with Gasteiger partial charge in [-0.2, -0.15) is 0 Å². The van der Waals surface area contributed by atoms with Crippen LogP contribution in [0.1, 0.15) is 45.0 Å². The Balaban J connectivity index is 2.54. The highest BCUT2D eigenvalue weighted by atomic mass is 79.9. The zero-order valence-electron chi connectivity index (χ0n) is 12.8. The fourth-order valence-corrected chi connectivity index (χ4v) is 4.47. The Morgan fingerprint density at radius 1 is 1.10 bits per heavy atom. The Labute approximate surface area is 134 Å². The molecule has 0 saturated carbocycles. The third-order valence-corrected chi connectivity index (χ3v) is 5.80. The predicted octanol–water partition coefficient (Wildman–Crippen LogP) is 5.44. The van der Waals surface area contributed by atoms with Crippen molar-refractivity contribution in [3.63, 3.8) is 0 Å². The normalized spacial score (nSPS) is 12.7. The lowest BCUT2D eigenvalue weighted by Crippen LogP contribution is -2.23. The van der Waals surface area contributed by atoms with E-state index in [2.05, 4.69) is 74.1 Å². The first-order valence-corrected chi connectivity index (χ1v) is 8.62. The zero-order chi connectivity index (χ0) is 14.9. The molecular weight excluding hydrogens is 330 g/mol. The van der Waals surface area contributed by atoms with Gasteiger partial charge in [0.05, 0.1) is 6.04 Å². The molecule has 3 heteroatoms. The van der Waals surface area contributed by atoms with Crippen LogP contribution in [0.5, 0.6) is 0 Å². The Kier molecular flexibility index (Phi) is 5.05. The van der Waals surface area contributed by atoms with Crippen molar-refractivity contribution in [3.05, 3.63) is 54.7 Å². The molecular formula is C17H22BrNS. The van der Waals surface area contributed by atoms with E-state index in [0.29, 0.717) is 0 Å². The smallest absolute Gasteiger partial charge is 0.0676 e. The average Bonchev–Trinajstić information content (AvgIpc) is 2.67. The fourth-order valence-electron chi connectivity index (χ4n) is 2.82. The highest BCUT2D eigenvalue weighted by Crippen LogP contribution is 2.36. The lowest BCUT2D eigenvalue weighted by molar-refractivity contribution is 0.633. The number of nitrogens with one attached hydrogen (secondary N) is 1. The number of hydrogen-bond acceptors (Lipinski definition) is 2. The van der Waals surface area contributed by atoms with Crippen molar-refractivity contribution in [1.29, 1.82) is 0 Å². The second-order valence-corrected chi connectivity index (χ2v) is 7.50. The summed E-state index contributed by atoms with van der Waals surface area (Å²) in [6.07, 6.45) is 0. The number of halogens is 1. The molecule has 108 valence electrons. The van der Waals surface area contributed by atoms with Gasteiger partial charge in [-0.3, -0.25) is 0 Å². The molecule has 0 radical (unpaired) electrons. The standard InChI is InChI=1S/C17H22BrNS/c1-6-19-17(15-9-14(18)13(5)20-15)16-11(3)7-10(2)8-12(16)4/h7-9,17,19H,6H2,1-5H3. The van der Waals surface area contributed by atoms with Gasteiger partial charge in [-0.05, 0) is 72.9 Å². The summed E-state index contributed by atoms with van der Waals surface area (Å²) in [4.78, 5) is 2.72. The third-order valence-electron chi connectivity index (χ3n) is 3.60. The van der Waals surface area contributed by atoms with E-state index in [1.165, 1.54) is 36.5 Å². The summed E-state index contributed by atoms with van der Waals surface area (Å²) in [5, 5.41) is 3.65. The van der Waals surface area contributed by atoms with Gasteiger partial charge in [0.1, 0.15) is 0 Å². The molecule has 0 bridgehead atoms. The van der Waals surface area contributed by atoms with Gasteiger partial charge in [0.25, 0.3) is 0 Å². The Morgan fingerprint density at radius 2 is 1.70 bits per heavy atom. The van der Waals surface area contributed by atoms with Gasteiger partial charge >= 0.3 is 0 Å². The molecule has 1 atom stereocenters. The maximum Gasteiger partial charge on any atom is 0.0676 e. The van der Waals surface area contributed by atoms with E-state index in [9.17, 15) is 0 Å². The van der Waals surface area contributed by atoms with E-state index in [1.54, 1.807) is 0 Å². The van der Waals surface area contributed by atoms with Crippen LogP contribution in [-0.4, -0.2) is 6.54 Å². The molecule has 0 aliphatic rings. The Morgan fingerprint density at radius 3 is 2.15 bits per heavy atom. The van der Waals surface area contributed by atoms with E-state index in [-0.39, 0.29) is 6.04 Å². The van der Waals surface area contributed by atoms with Gasteiger partial charge in [0.15, 0.2) is 0 Å². The molecule has 20 heavy (non-hydrogen) atoms. The van der Waals surface area contributed by atoms with Crippen LogP contribution >= 0.6 is 27.3 Å². The molecule has 0 aliphatic carbocycles. The minimum absolute atomic E-state index is 0.288. The van der Waals surface area contributed by atoms with Crippen LogP contribution < -0.4 is 5.32 Å². The van der Waals surface area contributed by atoms with Gasteiger partial charge in [-0.15, -0.1) is 11.3 Å². The first-order chi connectivity index (χ1) is 9.43. The molecule has 1 heterocycles. The second-order valence-electron chi connectivity index (χ2n) is 5.36. The molecule has 2 rings (SSSR count). The lowest BCUT2D eigenvalue weighted by Gasteiger charge is -2.22. The summed E-state index contributed by atoms with van der Waals surface area (Å²) < 4.78 is 1.21. The van der Waals surface area contributed by atoms with Crippen molar-refractivity contribution in [2.24, 2.45) is 0 Å². The van der Waals surface area contributed by atoms with Crippen LogP contribution in [0.25, 0.3) is 0 Å². The molecule has 0 amide bonds. The van der Waals surface area contributed by atoms with E-state index >= 15 is 0 Å². The first-order valence-electron chi connectivity index (χ1n) is 7.01. The van der Waals surface area contributed by atoms with Crippen LogP contribution in [0, 0.1) is 27.7 Å². The van der Waals surface area contributed by atoms with Gasteiger partial charge in [0.2, 0.25) is 0 Å². The minimum Gasteiger partial charge on any atom is -0.306 e. The molecule has 0 aliphatic heterocycles. The molecule has 0 fully saturated rings. The molecule has 0 saturated heterocycles. The van der Waals surface area contributed by atoms with Gasteiger partial charge in [0, 0.05) is 14.2 Å². The minimum atomic E-state index is 0.288. The van der Waals surface area contributed by atoms with E-state index in [1.807, 2.05) is 11.3 Å². The number of thiophene rings is 1. The summed E-state index contributed by atoms with van der Waals surface area (Å²) in [6.45, 7) is 11.9. The van der Waals surface area contributed by atoms with Crippen LogP contribution in [-0.2, 0) is 0 Å². The second kappa shape index (κ2) is 6.42. The van der Waals surface area contributed by atoms with Crippen LogP contribution in [0.15, 0.2) is 22.7 Å². The maximum absolute atomic E-state index is 3.65. The van der Waals surface area contributed by atoms with E-state index in [4.69, 9.17) is 0 Å². The van der Waals surface area contributed by atoms with Crippen LogP contribution in [0.3, 0.4) is 0 Å². The van der Waals surface area contributed by atoms with Crippen molar-refractivity contribution in [2.75, 3.05) is 6.54 Å². The number of hydrogen-bond donors (Lipinski definition) is 1.